The van der Waals surface area contributed by atoms with E-state index >= 15 is 0 Å². The van der Waals surface area contributed by atoms with E-state index in [2.05, 4.69) is 61.8 Å². The summed E-state index contributed by atoms with van der Waals surface area (Å²) in [7, 11) is 0. The number of aromatic nitrogens is 2. The maximum absolute atomic E-state index is 4.88. The molecular formula is C18H29N3. The molecule has 0 fully saturated rings. The van der Waals surface area contributed by atoms with Gasteiger partial charge in [0.1, 0.15) is 5.82 Å². The minimum absolute atomic E-state index is 0.636. The standard InChI is InChI=1S/C18H29N3/c1-5-11-21-17-10-8-7-9-16(17)20-18(21)12-14(3)15(4)13-19-6-2/h7-10,14-15,19H,5-6,11-13H2,1-4H3. The van der Waals surface area contributed by atoms with E-state index in [0.717, 1.165) is 38.0 Å². The Morgan fingerprint density at radius 1 is 1.14 bits per heavy atom. The molecule has 1 aromatic heterocycles. The van der Waals surface area contributed by atoms with Crippen molar-refractivity contribution in [2.24, 2.45) is 11.8 Å². The molecule has 3 heteroatoms. The molecule has 0 aliphatic carbocycles. The Morgan fingerprint density at radius 3 is 2.62 bits per heavy atom. The lowest BCUT2D eigenvalue weighted by molar-refractivity contribution is 0.359. The molecule has 0 saturated heterocycles. The highest BCUT2D eigenvalue weighted by Crippen LogP contribution is 2.21. The summed E-state index contributed by atoms with van der Waals surface area (Å²) in [5.74, 6) is 2.55. The molecule has 0 aliphatic rings. The van der Waals surface area contributed by atoms with Crippen LogP contribution in [0.4, 0.5) is 0 Å². The highest BCUT2D eigenvalue weighted by atomic mass is 15.1. The molecule has 3 nitrogen and oxygen atoms in total. The molecule has 2 atom stereocenters. The van der Waals surface area contributed by atoms with Gasteiger partial charge in [-0.15, -0.1) is 0 Å². The Hall–Kier alpha value is -1.35. The second-order valence-corrected chi connectivity index (χ2v) is 6.13. The normalized spacial score (nSPS) is 14.5. The maximum Gasteiger partial charge on any atom is 0.110 e. The number of para-hydroxylation sites is 2. The smallest absolute Gasteiger partial charge is 0.110 e. The topological polar surface area (TPSA) is 29.9 Å². The van der Waals surface area contributed by atoms with Crippen molar-refractivity contribution in [1.82, 2.24) is 14.9 Å². The van der Waals surface area contributed by atoms with E-state index in [0.29, 0.717) is 11.8 Å². The van der Waals surface area contributed by atoms with Gasteiger partial charge in [-0.1, -0.05) is 39.8 Å². The number of hydrogen-bond donors (Lipinski definition) is 1. The Bertz CT molecular complexity index is 559. The second-order valence-electron chi connectivity index (χ2n) is 6.13. The molecule has 0 aliphatic heterocycles. The number of aryl methyl sites for hydroxylation is 1. The minimum atomic E-state index is 0.636. The van der Waals surface area contributed by atoms with E-state index in [1.54, 1.807) is 0 Å². The number of nitrogens with zero attached hydrogens (tertiary/aromatic N) is 2. The van der Waals surface area contributed by atoms with E-state index in [1.807, 2.05) is 0 Å². The van der Waals surface area contributed by atoms with Crippen LogP contribution in [0.5, 0.6) is 0 Å². The second kappa shape index (κ2) is 7.60. The third-order valence-electron chi connectivity index (χ3n) is 4.37. The van der Waals surface area contributed by atoms with Crippen molar-refractivity contribution >= 4 is 11.0 Å². The summed E-state index contributed by atoms with van der Waals surface area (Å²) in [5, 5.41) is 3.45. The Morgan fingerprint density at radius 2 is 1.90 bits per heavy atom. The Labute approximate surface area is 128 Å². The van der Waals surface area contributed by atoms with Gasteiger partial charge in [0, 0.05) is 13.0 Å². The summed E-state index contributed by atoms with van der Waals surface area (Å²) in [6.45, 7) is 12.3. The summed E-state index contributed by atoms with van der Waals surface area (Å²) in [4.78, 5) is 4.88. The van der Waals surface area contributed by atoms with E-state index < -0.39 is 0 Å². The lowest BCUT2D eigenvalue weighted by atomic mass is 9.92. The summed E-state index contributed by atoms with van der Waals surface area (Å²) in [6.07, 6.45) is 2.20. The highest BCUT2D eigenvalue weighted by Gasteiger charge is 2.17. The van der Waals surface area contributed by atoms with Crippen LogP contribution in [0.3, 0.4) is 0 Å². The van der Waals surface area contributed by atoms with Gasteiger partial charge in [0.05, 0.1) is 11.0 Å². The van der Waals surface area contributed by atoms with Crippen molar-refractivity contribution in [3.05, 3.63) is 30.1 Å². The molecule has 2 aromatic rings. The van der Waals surface area contributed by atoms with E-state index in [1.165, 1.54) is 11.3 Å². The predicted molar refractivity (Wildman–Crippen MR) is 90.6 cm³/mol. The molecule has 0 spiro atoms. The first-order chi connectivity index (χ1) is 10.2. The third-order valence-corrected chi connectivity index (χ3v) is 4.37. The monoisotopic (exact) mass is 287 g/mol. The van der Waals surface area contributed by atoms with Crippen molar-refractivity contribution in [2.75, 3.05) is 13.1 Å². The minimum Gasteiger partial charge on any atom is -0.328 e. The van der Waals surface area contributed by atoms with Crippen molar-refractivity contribution < 1.29 is 0 Å². The van der Waals surface area contributed by atoms with Crippen LogP contribution in [-0.2, 0) is 13.0 Å². The van der Waals surface area contributed by atoms with Crippen molar-refractivity contribution in [3.8, 4) is 0 Å². The summed E-state index contributed by atoms with van der Waals surface area (Å²) >= 11 is 0. The number of fused-ring (bicyclic) bond motifs is 1. The molecule has 2 unspecified atom stereocenters. The molecule has 1 N–H and O–H groups in total. The van der Waals surface area contributed by atoms with Gasteiger partial charge in [0.25, 0.3) is 0 Å². The van der Waals surface area contributed by atoms with Crippen LogP contribution in [0.2, 0.25) is 0 Å². The number of imidazole rings is 1. The molecular weight excluding hydrogens is 258 g/mol. The fourth-order valence-electron chi connectivity index (χ4n) is 2.82. The van der Waals surface area contributed by atoms with Crippen LogP contribution < -0.4 is 5.32 Å². The lowest BCUT2D eigenvalue weighted by Gasteiger charge is -2.20. The molecule has 2 rings (SSSR count). The summed E-state index contributed by atoms with van der Waals surface area (Å²) in [6, 6.07) is 8.50. The van der Waals surface area contributed by atoms with Crippen LogP contribution in [0.15, 0.2) is 24.3 Å². The van der Waals surface area contributed by atoms with Gasteiger partial charge in [-0.2, -0.15) is 0 Å². The average molecular weight is 287 g/mol. The zero-order valence-electron chi connectivity index (χ0n) is 13.9. The average Bonchev–Trinajstić information content (AvgIpc) is 2.83. The quantitative estimate of drug-likeness (QED) is 0.798. The fourth-order valence-corrected chi connectivity index (χ4v) is 2.82. The number of rotatable bonds is 8. The first-order valence-corrected chi connectivity index (χ1v) is 8.32. The molecule has 1 aromatic carbocycles. The van der Waals surface area contributed by atoms with Gasteiger partial charge in [-0.3, -0.25) is 0 Å². The molecule has 1 heterocycles. The zero-order chi connectivity index (χ0) is 15.2. The van der Waals surface area contributed by atoms with Gasteiger partial charge in [-0.05, 0) is 43.5 Å². The largest absolute Gasteiger partial charge is 0.328 e. The first-order valence-electron chi connectivity index (χ1n) is 8.32. The Balaban J connectivity index is 2.18. The SMILES string of the molecule is CCCn1c(CC(C)C(C)CNCC)nc2ccccc21. The maximum atomic E-state index is 4.88. The van der Waals surface area contributed by atoms with Gasteiger partial charge in [0.2, 0.25) is 0 Å². The van der Waals surface area contributed by atoms with E-state index in [-0.39, 0.29) is 0 Å². The summed E-state index contributed by atoms with van der Waals surface area (Å²) < 4.78 is 2.41. The van der Waals surface area contributed by atoms with Crippen LogP contribution in [0.1, 0.15) is 39.9 Å². The fraction of sp³-hybridized carbons (Fsp3) is 0.611. The van der Waals surface area contributed by atoms with E-state index in [9.17, 15) is 0 Å². The molecule has 0 radical (unpaired) electrons. The van der Waals surface area contributed by atoms with Crippen LogP contribution in [-0.4, -0.2) is 22.6 Å². The van der Waals surface area contributed by atoms with Gasteiger partial charge in [0.15, 0.2) is 0 Å². The molecule has 0 bridgehead atoms. The third kappa shape index (κ3) is 3.85. The lowest BCUT2D eigenvalue weighted by Crippen LogP contribution is -2.26. The van der Waals surface area contributed by atoms with Crippen molar-refractivity contribution in [1.29, 1.82) is 0 Å². The predicted octanol–water partition coefficient (Wildman–Crippen LogP) is 3.87. The van der Waals surface area contributed by atoms with E-state index in [4.69, 9.17) is 4.98 Å². The molecule has 116 valence electrons. The molecule has 0 amide bonds. The van der Waals surface area contributed by atoms with Gasteiger partial charge in [-0.25, -0.2) is 4.98 Å². The zero-order valence-corrected chi connectivity index (χ0v) is 13.9. The molecule has 0 saturated carbocycles. The summed E-state index contributed by atoms with van der Waals surface area (Å²) in [5.41, 5.74) is 2.41. The molecule has 21 heavy (non-hydrogen) atoms. The van der Waals surface area contributed by atoms with Crippen LogP contribution in [0, 0.1) is 11.8 Å². The number of benzene rings is 1. The Kier molecular flexibility index (Phi) is 5.80. The van der Waals surface area contributed by atoms with Crippen molar-refractivity contribution in [3.63, 3.8) is 0 Å². The number of hydrogen-bond acceptors (Lipinski definition) is 2. The van der Waals surface area contributed by atoms with Gasteiger partial charge < -0.3 is 9.88 Å². The highest BCUT2D eigenvalue weighted by molar-refractivity contribution is 5.75. The first kappa shape index (κ1) is 16.0. The van der Waals surface area contributed by atoms with Crippen LogP contribution in [0.25, 0.3) is 11.0 Å². The van der Waals surface area contributed by atoms with Crippen LogP contribution >= 0.6 is 0 Å². The number of nitrogens with one attached hydrogen (secondary N) is 1. The van der Waals surface area contributed by atoms with Gasteiger partial charge >= 0.3 is 0 Å². The van der Waals surface area contributed by atoms with Crippen molar-refractivity contribution in [2.45, 2.75) is 47.1 Å².